The number of nitrogens with two attached hydrogens (primary N) is 1. The Hall–Kier alpha value is -3.18. The smallest absolute Gasteiger partial charge is 0.418 e. The maximum atomic E-state index is 13.3. The molecule has 0 aliphatic carbocycles. The first-order valence-corrected chi connectivity index (χ1v) is 12.1. The molecule has 0 unspecified atom stereocenters. The number of halogens is 3. The molecule has 1 aliphatic heterocycles. The van der Waals surface area contributed by atoms with E-state index >= 15 is 0 Å². The zero-order valence-corrected chi connectivity index (χ0v) is 20.2. The molecular weight excluding hydrogens is 473 g/mol. The van der Waals surface area contributed by atoms with Crippen molar-refractivity contribution in [2.24, 2.45) is 5.73 Å². The Balaban J connectivity index is 1.48. The Labute approximate surface area is 207 Å². The summed E-state index contributed by atoms with van der Waals surface area (Å²) in [4.78, 5) is 18.9. The molecule has 1 amide bonds. The number of ether oxygens (including phenoxy) is 1. The van der Waals surface area contributed by atoms with E-state index in [-0.39, 0.29) is 11.7 Å². The van der Waals surface area contributed by atoms with Crippen LogP contribution in [0, 0.1) is 0 Å². The van der Waals surface area contributed by atoms with Crippen LogP contribution < -0.4 is 15.8 Å². The molecule has 3 aromatic rings. The van der Waals surface area contributed by atoms with Crippen molar-refractivity contribution in [2.45, 2.75) is 44.3 Å². The summed E-state index contributed by atoms with van der Waals surface area (Å²) in [5, 5.41) is 8.00. The van der Waals surface area contributed by atoms with E-state index in [2.05, 4.69) is 15.2 Å². The van der Waals surface area contributed by atoms with Gasteiger partial charge in [-0.25, -0.2) is 0 Å². The molecular formula is C25H31F3N6O2. The monoisotopic (exact) mass is 504 g/mol. The Morgan fingerprint density at radius 2 is 2.00 bits per heavy atom. The Bertz CT molecular complexity index is 1190. The zero-order valence-electron chi connectivity index (χ0n) is 20.2. The van der Waals surface area contributed by atoms with Crippen molar-refractivity contribution < 1.29 is 22.7 Å². The minimum absolute atomic E-state index is 0.251. The third-order valence-corrected chi connectivity index (χ3v) is 6.53. The summed E-state index contributed by atoms with van der Waals surface area (Å²) < 4.78 is 47.3. The number of likely N-dealkylation sites (tertiary alicyclic amines) is 1. The van der Waals surface area contributed by atoms with E-state index in [1.54, 1.807) is 12.1 Å². The predicted molar refractivity (Wildman–Crippen MR) is 131 cm³/mol. The third-order valence-electron chi connectivity index (χ3n) is 6.53. The van der Waals surface area contributed by atoms with Gasteiger partial charge in [0.2, 0.25) is 0 Å². The summed E-state index contributed by atoms with van der Waals surface area (Å²) in [6.45, 7) is 3.82. The number of nitrogens with one attached hydrogen (secondary N) is 1. The van der Waals surface area contributed by atoms with Crippen LogP contribution in [0.2, 0.25) is 0 Å². The quantitative estimate of drug-likeness (QED) is 0.417. The fourth-order valence-corrected chi connectivity index (χ4v) is 4.59. The molecule has 36 heavy (non-hydrogen) atoms. The molecule has 0 radical (unpaired) electrons. The van der Waals surface area contributed by atoms with Crippen LogP contribution >= 0.6 is 0 Å². The lowest BCUT2D eigenvalue weighted by atomic mass is 10.0. The molecule has 0 saturated carbocycles. The van der Waals surface area contributed by atoms with Crippen molar-refractivity contribution in [3.63, 3.8) is 0 Å². The van der Waals surface area contributed by atoms with Gasteiger partial charge in [0.25, 0.3) is 5.91 Å². The number of piperidine rings is 1. The number of hydrogen-bond acceptors (Lipinski definition) is 6. The first kappa shape index (κ1) is 25.9. The molecule has 0 bridgehead atoms. The summed E-state index contributed by atoms with van der Waals surface area (Å²) in [5.41, 5.74) is 4.71. The van der Waals surface area contributed by atoms with Crippen LogP contribution in [0.25, 0.3) is 10.9 Å². The second kappa shape index (κ2) is 11.3. The highest BCUT2D eigenvalue weighted by molar-refractivity contribution is 6.06. The maximum absolute atomic E-state index is 13.3. The van der Waals surface area contributed by atoms with Crippen LogP contribution in [0.15, 0.2) is 36.7 Å². The average molecular weight is 505 g/mol. The molecule has 1 aliphatic rings. The summed E-state index contributed by atoms with van der Waals surface area (Å²) in [6.07, 6.45) is 3.69. The highest BCUT2D eigenvalue weighted by Gasteiger charge is 2.36. The number of methoxy groups -OCH3 is 1. The number of pyridine rings is 1. The normalized spacial score (nSPS) is 15.4. The Morgan fingerprint density at radius 1 is 1.22 bits per heavy atom. The number of benzene rings is 1. The van der Waals surface area contributed by atoms with E-state index in [1.807, 2.05) is 10.9 Å². The number of hydrogen-bond donors (Lipinski definition) is 2. The molecule has 1 fully saturated rings. The van der Waals surface area contributed by atoms with Crippen LogP contribution in [-0.4, -0.2) is 58.9 Å². The van der Waals surface area contributed by atoms with Gasteiger partial charge in [-0.15, -0.1) is 0 Å². The van der Waals surface area contributed by atoms with E-state index in [4.69, 9.17) is 15.6 Å². The number of carbonyl (C=O) groups is 1. The van der Waals surface area contributed by atoms with Gasteiger partial charge in [-0.3, -0.25) is 14.5 Å². The lowest BCUT2D eigenvalue weighted by Gasteiger charge is -2.32. The zero-order chi connectivity index (χ0) is 25.7. The molecule has 3 N–H and O–H groups in total. The molecule has 1 aromatic carbocycles. The number of carbonyl (C=O) groups excluding carboxylic acids is 1. The largest absolute Gasteiger partial charge is 0.494 e. The molecule has 11 heteroatoms. The summed E-state index contributed by atoms with van der Waals surface area (Å²) in [6, 6.07) is 5.57. The Kier molecular flexibility index (Phi) is 8.10. The van der Waals surface area contributed by atoms with Crippen LogP contribution in [-0.2, 0) is 6.18 Å². The summed E-state index contributed by atoms with van der Waals surface area (Å²) in [7, 11) is 1.43. The van der Waals surface area contributed by atoms with Gasteiger partial charge in [0, 0.05) is 36.9 Å². The van der Waals surface area contributed by atoms with E-state index < -0.39 is 23.3 Å². The number of rotatable bonds is 9. The van der Waals surface area contributed by atoms with E-state index in [0.717, 1.165) is 82.0 Å². The highest BCUT2D eigenvalue weighted by atomic mass is 19.4. The van der Waals surface area contributed by atoms with Gasteiger partial charge in [-0.1, -0.05) is 6.42 Å². The lowest BCUT2D eigenvalue weighted by Crippen LogP contribution is -2.35. The summed E-state index contributed by atoms with van der Waals surface area (Å²) in [5.74, 6) is -0.662. The van der Waals surface area contributed by atoms with Crippen molar-refractivity contribution in [1.29, 1.82) is 0 Å². The first-order chi connectivity index (χ1) is 17.3. The minimum atomic E-state index is -4.70. The standard InChI is InChI=1S/C25H31F3N6O2/c1-36-22-15-20-17(14-21(22)31-24(35)23-19(25(26,27)28)6-5-10-30-23)16-34(32-20)18-7-12-33(13-8-18)11-4-2-3-9-29/h5-6,10,14-16,18H,2-4,7-9,11-13,29H2,1H3,(H,31,35). The number of unbranched alkanes of at least 4 members (excludes halogenated alkanes) is 2. The van der Waals surface area contributed by atoms with Gasteiger partial charge >= 0.3 is 6.18 Å². The molecule has 1 saturated heterocycles. The second-order valence-corrected chi connectivity index (χ2v) is 8.99. The molecule has 194 valence electrons. The highest BCUT2D eigenvalue weighted by Crippen LogP contribution is 2.34. The van der Waals surface area contributed by atoms with Gasteiger partial charge in [-0.2, -0.15) is 18.3 Å². The van der Waals surface area contributed by atoms with Crippen molar-refractivity contribution in [3.8, 4) is 5.75 Å². The van der Waals surface area contributed by atoms with Gasteiger partial charge in [0.05, 0.1) is 29.9 Å². The molecule has 0 spiro atoms. The fraction of sp³-hybridized carbons (Fsp3) is 0.480. The van der Waals surface area contributed by atoms with Crippen LogP contribution in [0.1, 0.15) is 54.2 Å². The topological polar surface area (TPSA) is 98.3 Å². The van der Waals surface area contributed by atoms with Crippen molar-refractivity contribution in [2.75, 3.05) is 38.6 Å². The maximum Gasteiger partial charge on any atom is 0.418 e. The fourth-order valence-electron chi connectivity index (χ4n) is 4.59. The first-order valence-electron chi connectivity index (χ1n) is 12.1. The predicted octanol–water partition coefficient (Wildman–Crippen LogP) is 4.48. The molecule has 4 rings (SSSR count). The van der Waals surface area contributed by atoms with E-state index in [9.17, 15) is 18.0 Å². The van der Waals surface area contributed by atoms with Crippen LogP contribution in [0.3, 0.4) is 0 Å². The van der Waals surface area contributed by atoms with Gasteiger partial charge in [-0.05, 0) is 57.0 Å². The average Bonchev–Trinajstić information content (AvgIpc) is 3.29. The van der Waals surface area contributed by atoms with E-state index in [0.29, 0.717) is 11.3 Å². The van der Waals surface area contributed by atoms with Crippen molar-refractivity contribution in [1.82, 2.24) is 19.7 Å². The summed E-state index contributed by atoms with van der Waals surface area (Å²) >= 11 is 0. The number of amides is 1. The molecule has 2 aromatic heterocycles. The molecule has 0 atom stereocenters. The van der Waals surface area contributed by atoms with Gasteiger partial charge in [0.1, 0.15) is 11.4 Å². The second-order valence-electron chi connectivity index (χ2n) is 8.99. The minimum Gasteiger partial charge on any atom is -0.494 e. The van der Waals surface area contributed by atoms with Crippen molar-refractivity contribution in [3.05, 3.63) is 47.9 Å². The Morgan fingerprint density at radius 3 is 2.69 bits per heavy atom. The number of aromatic nitrogens is 3. The molecule has 3 heterocycles. The number of alkyl halides is 3. The SMILES string of the molecule is COc1cc2nn(C3CCN(CCCCCN)CC3)cc2cc1NC(=O)c1ncccc1C(F)(F)F. The van der Waals surface area contributed by atoms with E-state index in [1.165, 1.54) is 7.11 Å². The number of fused-ring (bicyclic) bond motifs is 1. The van der Waals surface area contributed by atoms with Crippen molar-refractivity contribution >= 4 is 22.5 Å². The number of anilines is 1. The van der Waals surface area contributed by atoms with Crippen LogP contribution in [0.4, 0.5) is 18.9 Å². The van der Waals surface area contributed by atoms with Crippen LogP contribution in [0.5, 0.6) is 5.75 Å². The lowest BCUT2D eigenvalue weighted by molar-refractivity contribution is -0.138. The van der Waals surface area contributed by atoms with Gasteiger partial charge < -0.3 is 20.7 Å². The molecule has 8 nitrogen and oxygen atoms in total. The third kappa shape index (κ3) is 5.96. The number of nitrogens with zero attached hydrogens (tertiary/aromatic N) is 4. The van der Waals surface area contributed by atoms with Gasteiger partial charge in [0.15, 0.2) is 0 Å².